The predicted octanol–water partition coefficient (Wildman–Crippen LogP) is 2.12. The summed E-state index contributed by atoms with van der Waals surface area (Å²) in [4.78, 5) is 32.5. The van der Waals surface area contributed by atoms with Crippen LogP contribution >= 0.6 is 0 Å². The van der Waals surface area contributed by atoms with Gasteiger partial charge in [-0.2, -0.15) is 0 Å². The van der Waals surface area contributed by atoms with Crippen LogP contribution in [0.4, 0.5) is 23.7 Å². The zero-order valence-corrected chi connectivity index (χ0v) is 13.6. The summed E-state index contributed by atoms with van der Waals surface area (Å²) in [5, 5.41) is 4.89. The average Bonchev–Trinajstić information content (AvgIpc) is 2.60. The number of hydrogen-bond donors (Lipinski definition) is 2. The van der Waals surface area contributed by atoms with Crippen molar-refractivity contribution >= 4 is 17.6 Å². The van der Waals surface area contributed by atoms with Gasteiger partial charge < -0.3 is 15.5 Å². The van der Waals surface area contributed by atoms with Crippen LogP contribution < -0.4 is 10.6 Å². The number of benzene rings is 1. The summed E-state index contributed by atoms with van der Waals surface area (Å²) in [6.45, 7) is 0.830. The van der Waals surface area contributed by atoms with Crippen LogP contribution in [0.3, 0.4) is 0 Å². The first-order valence-corrected chi connectivity index (χ1v) is 7.64. The Bertz CT molecular complexity index is 877. The van der Waals surface area contributed by atoms with Crippen LogP contribution in [0.15, 0.2) is 24.7 Å². The van der Waals surface area contributed by atoms with Crippen molar-refractivity contribution < 1.29 is 22.8 Å². The fourth-order valence-corrected chi connectivity index (χ4v) is 2.62. The molecule has 0 spiro atoms. The van der Waals surface area contributed by atoms with Gasteiger partial charge in [-0.3, -0.25) is 4.79 Å². The van der Waals surface area contributed by atoms with Crippen LogP contribution in [0, 0.1) is 17.5 Å². The van der Waals surface area contributed by atoms with Crippen molar-refractivity contribution in [3.8, 4) is 0 Å². The van der Waals surface area contributed by atoms with Crippen molar-refractivity contribution in [2.75, 3.05) is 11.9 Å². The summed E-state index contributed by atoms with van der Waals surface area (Å²) in [6, 6.07) is 0.775. The van der Waals surface area contributed by atoms with Gasteiger partial charge in [-0.05, 0) is 19.1 Å². The topological polar surface area (TPSA) is 87.2 Å². The lowest BCUT2D eigenvalue weighted by Crippen LogP contribution is -2.45. The first-order chi connectivity index (χ1) is 12.4. The summed E-state index contributed by atoms with van der Waals surface area (Å²) in [6.07, 6.45) is 2.12. The molecule has 1 aliphatic rings. The van der Waals surface area contributed by atoms with Gasteiger partial charge >= 0.3 is 6.03 Å². The van der Waals surface area contributed by atoms with Crippen molar-refractivity contribution in [1.82, 2.24) is 20.2 Å². The van der Waals surface area contributed by atoms with E-state index in [-0.39, 0.29) is 23.5 Å². The van der Waals surface area contributed by atoms with Gasteiger partial charge in [0.05, 0.1) is 24.5 Å². The highest BCUT2D eigenvalue weighted by atomic mass is 19.2. The fourth-order valence-electron chi connectivity index (χ4n) is 2.62. The molecule has 0 unspecified atom stereocenters. The lowest BCUT2D eigenvalue weighted by atomic mass is 10.1. The Labute approximate surface area is 146 Å². The van der Waals surface area contributed by atoms with Gasteiger partial charge in [0.1, 0.15) is 18.6 Å². The second kappa shape index (κ2) is 6.98. The fraction of sp³-hybridized carbons (Fsp3) is 0.250. The van der Waals surface area contributed by atoms with E-state index in [0.717, 1.165) is 23.5 Å². The van der Waals surface area contributed by atoms with Gasteiger partial charge in [-0.1, -0.05) is 0 Å². The smallest absolute Gasteiger partial charge is 0.322 e. The lowest BCUT2D eigenvalue weighted by molar-refractivity contribution is -0.122. The molecular weight excluding hydrogens is 351 g/mol. The minimum absolute atomic E-state index is 0.00472. The average molecular weight is 365 g/mol. The van der Waals surface area contributed by atoms with Crippen molar-refractivity contribution in [1.29, 1.82) is 0 Å². The van der Waals surface area contributed by atoms with Gasteiger partial charge in [0.2, 0.25) is 5.91 Å². The van der Waals surface area contributed by atoms with Crippen molar-refractivity contribution in [2.24, 2.45) is 0 Å². The summed E-state index contributed by atoms with van der Waals surface area (Å²) in [5.41, 5.74) is 0.101. The normalized spacial score (nSPS) is 14.5. The van der Waals surface area contributed by atoms with Crippen molar-refractivity contribution in [3.63, 3.8) is 0 Å². The number of fused-ring (bicyclic) bond motifs is 1. The van der Waals surface area contributed by atoms with E-state index in [1.807, 2.05) is 0 Å². The molecule has 2 aromatic rings. The highest BCUT2D eigenvalue weighted by Crippen LogP contribution is 2.27. The van der Waals surface area contributed by atoms with Gasteiger partial charge in [-0.15, -0.1) is 0 Å². The molecule has 0 fully saturated rings. The number of carbonyl (C=O) groups is 2. The van der Waals surface area contributed by atoms with Crippen LogP contribution in [0.1, 0.15) is 24.2 Å². The molecule has 0 bridgehead atoms. The number of urea groups is 1. The molecule has 0 radical (unpaired) electrons. The second-order valence-corrected chi connectivity index (χ2v) is 5.72. The van der Waals surface area contributed by atoms with E-state index in [2.05, 4.69) is 20.6 Å². The number of hydrogen-bond acceptors (Lipinski definition) is 4. The van der Waals surface area contributed by atoms with E-state index in [9.17, 15) is 22.8 Å². The van der Waals surface area contributed by atoms with Gasteiger partial charge in [0.25, 0.3) is 0 Å². The maximum Gasteiger partial charge on any atom is 0.322 e. The van der Waals surface area contributed by atoms with E-state index in [0.29, 0.717) is 0 Å². The Kier molecular flexibility index (Phi) is 4.74. The van der Waals surface area contributed by atoms with E-state index in [1.54, 1.807) is 0 Å². The molecule has 0 aliphatic carbocycles. The number of rotatable bonds is 4. The number of aromatic nitrogens is 2. The molecule has 1 aliphatic heterocycles. The molecule has 2 N–H and O–H groups in total. The molecule has 7 nitrogen and oxygen atoms in total. The summed E-state index contributed by atoms with van der Waals surface area (Å²) < 4.78 is 40.9. The molecule has 0 saturated carbocycles. The van der Waals surface area contributed by atoms with Crippen LogP contribution in [0.25, 0.3) is 0 Å². The largest absolute Gasteiger partial charge is 0.346 e. The highest BCUT2D eigenvalue weighted by Gasteiger charge is 2.28. The summed E-state index contributed by atoms with van der Waals surface area (Å²) in [5.74, 6) is -3.41. The van der Waals surface area contributed by atoms with Gasteiger partial charge in [-0.25, -0.2) is 27.9 Å². The molecule has 1 atom stereocenters. The Hall–Kier alpha value is -3.17. The lowest BCUT2D eigenvalue weighted by Gasteiger charge is -2.29. The minimum atomic E-state index is -1.08. The molecule has 3 amide bonds. The quantitative estimate of drug-likeness (QED) is 0.869. The predicted molar refractivity (Wildman–Crippen MR) is 84.3 cm³/mol. The third-order valence-corrected chi connectivity index (χ3v) is 3.89. The van der Waals surface area contributed by atoms with Crippen molar-refractivity contribution in [3.05, 3.63) is 53.4 Å². The number of amides is 3. The highest BCUT2D eigenvalue weighted by molar-refractivity contribution is 5.94. The molecular formula is C16H14F3N5O2. The van der Waals surface area contributed by atoms with E-state index in [1.165, 1.54) is 13.0 Å². The van der Waals surface area contributed by atoms with Crippen molar-refractivity contribution in [2.45, 2.75) is 19.5 Å². The van der Waals surface area contributed by atoms with Crippen LogP contribution in [-0.2, 0) is 11.3 Å². The zero-order chi connectivity index (χ0) is 18.8. The zero-order valence-electron chi connectivity index (χ0n) is 13.6. The number of nitrogens with one attached hydrogen (secondary N) is 2. The number of anilines is 1. The molecule has 2 heterocycles. The van der Waals surface area contributed by atoms with Crippen LogP contribution in [0.2, 0.25) is 0 Å². The molecule has 136 valence electrons. The second-order valence-electron chi connectivity index (χ2n) is 5.72. The summed E-state index contributed by atoms with van der Waals surface area (Å²) >= 11 is 0. The molecule has 1 aromatic carbocycles. The first kappa shape index (κ1) is 17.6. The first-order valence-electron chi connectivity index (χ1n) is 7.64. The molecule has 3 rings (SSSR count). The van der Waals surface area contributed by atoms with Crippen LogP contribution in [0.5, 0.6) is 0 Å². The maximum atomic E-state index is 13.9. The summed E-state index contributed by atoms with van der Waals surface area (Å²) in [7, 11) is 0. The van der Waals surface area contributed by atoms with Gasteiger partial charge in [0.15, 0.2) is 17.5 Å². The number of carbonyl (C=O) groups excluding carboxylic acids is 2. The Morgan fingerprint density at radius 3 is 2.85 bits per heavy atom. The van der Waals surface area contributed by atoms with E-state index >= 15 is 0 Å². The Balaban J connectivity index is 1.69. The molecule has 10 heteroatoms. The standard InChI is InChI=1S/C16H14F3N5O2/c1-8(15-11(18)4-20-7-21-15)22-13(25)6-24-5-9-12(23-16(24)26)3-2-10(17)14(9)19/h2-4,7-8H,5-6H2,1H3,(H,22,25)(H,23,26)/t8-/m0/s1. The molecule has 26 heavy (non-hydrogen) atoms. The number of halogens is 3. The third kappa shape index (κ3) is 3.44. The minimum Gasteiger partial charge on any atom is -0.346 e. The monoisotopic (exact) mass is 365 g/mol. The van der Waals surface area contributed by atoms with Crippen LogP contribution in [-0.4, -0.2) is 33.4 Å². The van der Waals surface area contributed by atoms with E-state index < -0.39 is 42.0 Å². The Morgan fingerprint density at radius 1 is 1.35 bits per heavy atom. The molecule has 1 aromatic heterocycles. The third-order valence-electron chi connectivity index (χ3n) is 3.89. The number of nitrogens with zero attached hydrogens (tertiary/aromatic N) is 3. The van der Waals surface area contributed by atoms with Gasteiger partial charge in [0, 0.05) is 5.56 Å². The van der Waals surface area contributed by atoms with E-state index in [4.69, 9.17) is 0 Å². The SMILES string of the molecule is C[C@H](NC(=O)CN1Cc2c(ccc(F)c2F)NC1=O)c1ncncc1F. The Morgan fingerprint density at radius 2 is 2.12 bits per heavy atom. The maximum absolute atomic E-state index is 13.9. The molecule has 0 saturated heterocycles.